The van der Waals surface area contributed by atoms with E-state index in [4.69, 9.17) is 16.3 Å². The van der Waals surface area contributed by atoms with Crippen LogP contribution < -0.4 is 10.1 Å². The molecule has 1 heterocycles. The second-order valence-corrected chi connectivity index (χ2v) is 7.09. The number of hydrogen-bond acceptors (Lipinski definition) is 3. The van der Waals surface area contributed by atoms with Crippen molar-refractivity contribution in [2.24, 2.45) is 0 Å². The lowest BCUT2D eigenvalue weighted by Gasteiger charge is -2.35. The Kier molecular flexibility index (Phi) is 7.07. The molecule has 1 amide bonds. The van der Waals surface area contributed by atoms with E-state index >= 15 is 0 Å². The zero-order valence-corrected chi connectivity index (χ0v) is 15.9. The SMILES string of the molecule is O=C(COc1ccc(F)cc1)NCC(c1ccccc1Cl)N1CCCCC1. The maximum atomic E-state index is 12.9. The second-order valence-electron chi connectivity index (χ2n) is 6.68. The summed E-state index contributed by atoms with van der Waals surface area (Å²) in [4.78, 5) is 14.6. The lowest BCUT2D eigenvalue weighted by atomic mass is 10.0. The molecule has 0 aromatic heterocycles. The zero-order valence-electron chi connectivity index (χ0n) is 15.2. The van der Waals surface area contributed by atoms with Crippen molar-refractivity contribution in [3.05, 3.63) is 64.9 Å². The van der Waals surface area contributed by atoms with E-state index < -0.39 is 0 Å². The first-order valence-electron chi connectivity index (χ1n) is 9.27. The van der Waals surface area contributed by atoms with Crippen LogP contribution in [0.5, 0.6) is 5.75 Å². The molecule has 1 aliphatic heterocycles. The second kappa shape index (κ2) is 9.72. The Morgan fingerprint density at radius 1 is 1.11 bits per heavy atom. The number of halogens is 2. The summed E-state index contributed by atoms with van der Waals surface area (Å²) in [5, 5.41) is 3.66. The Morgan fingerprint density at radius 3 is 2.52 bits per heavy atom. The van der Waals surface area contributed by atoms with Crippen LogP contribution >= 0.6 is 11.6 Å². The van der Waals surface area contributed by atoms with Crippen LogP contribution in [-0.4, -0.2) is 37.0 Å². The molecule has 0 spiro atoms. The fraction of sp³-hybridized carbons (Fsp3) is 0.381. The lowest BCUT2D eigenvalue weighted by molar-refractivity contribution is -0.123. The number of hydrogen-bond donors (Lipinski definition) is 1. The van der Waals surface area contributed by atoms with Gasteiger partial charge in [-0.1, -0.05) is 36.2 Å². The minimum Gasteiger partial charge on any atom is -0.484 e. The summed E-state index contributed by atoms with van der Waals surface area (Å²) in [6.45, 7) is 2.35. The number of nitrogens with zero attached hydrogens (tertiary/aromatic N) is 1. The fourth-order valence-corrected chi connectivity index (χ4v) is 3.61. The minimum absolute atomic E-state index is 0.0359. The van der Waals surface area contributed by atoms with E-state index in [1.165, 1.54) is 30.7 Å². The Morgan fingerprint density at radius 2 is 1.81 bits per heavy atom. The normalized spacial score (nSPS) is 15.9. The van der Waals surface area contributed by atoms with Gasteiger partial charge in [0.2, 0.25) is 0 Å². The molecule has 1 saturated heterocycles. The summed E-state index contributed by atoms with van der Waals surface area (Å²) >= 11 is 6.41. The van der Waals surface area contributed by atoms with Crippen LogP contribution in [0.4, 0.5) is 4.39 Å². The van der Waals surface area contributed by atoms with Crippen molar-refractivity contribution in [3.63, 3.8) is 0 Å². The van der Waals surface area contributed by atoms with E-state index in [0.29, 0.717) is 17.3 Å². The van der Waals surface area contributed by atoms with Crippen LogP contribution in [0.15, 0.2) is 48.5 Å². The van der Waals surface area contributed by atoms with Gasteiger partial charge in [-0.2, -0.15) is 0 Å². The third-order valence-electron chi connectivity index (χ3n) is 4.77. The average molecular weight is 391 g/mol. The van der Waals surface area contributed by atoms with Crippen molar-refractivity contribution in [3.8, 4) is 5.75 Å². The van der Waals surface area contributed by atoms with Gasteiger partial charge in [-0.15, -0.1) is 0 Å². The quantitative estimate of drug-likeness (QED) is 0.770. The number of piperidine rings is 1. The number of ether oxygens (including phenoxy) is 1. The first kappa shape index (κ1) is 19.6. The molecule has 0 bridgehead atoms. The van der Waals surface area contributed by atoms with Gasteiger partial charge in [-0.05, 0) is 61.8 Å². The summed E-state index contributed by atoms with van der Waals surface area (Å²) in [6, 6.07) is 13.4. The molecule has 6 heteroatoms. The lowest BCUT2D eigenvalue weighted by Crippen LogP contribution is -2.41. The molecule has 1 N–H and O–H groups in total. The fourth-order valence-electron chi connectivity index (χ4n) is 3.35. The number of carbonyl (C=O) groups is 1. The Bertz CT molecular complexity index is 748. The monoisotopic (exact) mass is 390 g/mol. The highest BCUT2D eigenvalue weighted by Crippen LogP contribution is 2.29. The molecule has 2 aromatic rings. The van der Waals surface area contributed by atoms with Crippen molar-refractivity contribution in [2.75, 3.05) is 26.2 Å². The molecule has 0 radical (unpaired) electrons. The molecule has 2 aromatic carbocycles. The maximum Gasteiger partial charge on any atom is 0.258 e. The van der Waals surface area contributed by atoms with Crippen LogP contribution in [0, 0.1) is 5.82 Å². The topological polar surface area (TPSA) is 41.6 Å². The summed E-state index contributed by atoms with van der Waals surface area (Å²) in [5.41, 5.74) is 1.03. The highest BCUT2D eigenvalue weighted by molar-refractivity contribution is 6.31. The van der Waals surface area contributed by atoms with Gasteiger partial charge < -0.3 is 10.1 Å². The summed E-state index contributed by atoms with van der Waals surface area (Å²) in [5.74, 6) is -0.0884. The molecule has 0 saturated carbocycles. The molecule has 27 heavy (non-hydrogen) atoms. The summed E-state index contributed by atoms with van der Waals surface area (Å²) in [6.07, 6.45) is 3.55. The van der Waals surface area contributed by atoms with Crippen LogP contribution in [0.25, 0.3) is 0 Å². The van der Waals surface area contributed by atoms with E-state index in [1.54, 1.807) is 0 Å². The smallest absolute Gasteiger partial charge is 0.258 e. The van der Waals surface area contributed by atoms with Crippen LogP contribution in [0.3, 0.4) is 0 Å². The highest BCUT2D eigenvalue weighted by atomic mass is 35.5. The van der Waals surface area contributed by atoms with Gasteiger partial charge in [-0.25, -0.2) is 4.39 Å². The molecule has 1 aliphatic rings. The molecule has 1 atom stereocenters. The van der Waals surface area contributed by atoms with Gasteiger partial charge in [0.25, 0.3) is 5.91 Å². The zero-order chi connectivity index (χ0) is 19.1. The molecule has 144 valence electrons. The number of rotatable bonds is 7. The third-order valence-corrected chi connectivity index (χ3v) is 5.12. The average Bonchev–Trinajstić information content (AvgIpc) is 2.70. The third kappa shape index (κ3) is 5.68. The van der Waals surface area contributed by atoms with Crippen LogP contribution in [-0.2, 0) is 4.79 Å². The van der Waals surface area contributed by atoms with Gasteiger partial charge in [0, 0.05) is 11.6 Å². The van der Waals surface area contributed by atoms with Crippen LogP contribution in [0.2, 0.25) is 5.02 Å². The van der Waals surface area contributed by atoms with Crippen molar-refractivity contribution in [2.45, 2.75) is 25.3 Å². The number of carbonyl (C=O) groups excluding carboxylic acids is 1. The van der Waals surface area contributed by atoms with Gasteiger partial charge in [0.1, 0.15) is 11.6 Å². The Hall–Kier alpha value is -2.11. The van der Waals surface area contributed by atoms with E-state index in [0.717, 1.165) is 31.5 Å². The van der Waals surface area contributed by atoms with Crippen molar-refractivity contribution >= 4 is 17.5 Å². The molecular formula is C21H24ClFN2O2. The number of likely N-dealkylation sites (tertiary alicyclic amines) is 1. The predicted octanol–water partition coefficient (Wildman–Crippen LogP) is 4.20. The van der Waals surface area contributed by atoms with E-state index in [-0.39, 0.29) is 24.4 Å². The molecule has 1 unspecified atom stereocenters. The molecule has 3 rings (SSSR count). The molecule has 1 fully saturated rings. The number of benzene rings is 2. The van der Waals surface area contributed by atoms with E-state index in [1.807, 2.05) is 24.3 Å². The van der Waals surface area contributed by atoms with E-state index in [9.17, 15) is 9.18 Å². The first-order valence-corrected chi connectivity index (χ1v) is 9.65. The van der Waals surface area contributed by atoms with Crippen LogP contribution in [0.1, 0.15) is 30.9 Å². The van der Waals surface area contributed by atoms with Gasteiger partial charge in [0.05, 0.1) is 6.04 Å². The molecule has 0 aliphatic carbocycles. The predicted molar refractivity (Wildman–Crippen MR) is 105 cm³/mol. The standard InChI is InChI=1S/C21H24ClFN2O2/c22-19-7-3-2-6-18(19)20(25-12-4-1-5-13-25)14-24-21(26)15-27-17-10-8-16(23)9-11-17/h2-3,6-11,20H,1,4-5,12-15H2,(H,24,26). The Labute approximate surface area is 164 Å². The maximum absolute atomic E-state index is 12.9. The van der Waals surface area contributed by atoms with Gasteiger partial charge >= 0.3 is 0 Å². The summed E-state index contributed by atoms with van der Waals surface area (Å²) < 4.78 is 18.3. The van der Waals surface area contributed by atoms with Gasteiger partial charge in [0.15, 0.2) is 6.61 Å². The first-order chi connectivity index (χ1) is 13.1. The number of amides is 1. The van der Waals surface area contributed by atoms with Gasteiger partial charge in [-0.3, -0.25) is 9.69 Å². The Balaban J connectivity index is 1.59. The van der Waals surface area contributed by atoms with Crippen molar-refractivity contribution in [1.29, 1.82) is 0 Å². The number of nitrogens with one attached hydrogen (secondary N) is 1. The summed E-state index contributed by atoms with van der Waals surface area (Å²) in [7, 11) is 0. The minimum atomic E-state index is -0.337. The largest absolute Gasteiger partial charge is 0.484 e. The van der Waals surface area contributed by atoms with Crippen molar-refractivity contribution in [1.82, 2.24) is 10.2 Å². The van der Waals surface area contributed by atoms with E-state index in [2.05, 4.69) is 10.2 Å². The molecule has 4 nitrogen and oxygen atoms in total. The molecular weight excluding hydrogens is 367 g/mol. The highest BCUT2D eigenvalue weighted by Gasteiger charge is 2.24. The van der Waals surface area contributed by atoms with Crippen molar-refractivity contribution < 1.29 is 13.9 Å².